The van der Waals surface area contributed by atoms with Crippen molar-refractivity contribution in [2.75, 3.05) is 6.54 Å². The van der Waals surface area contributed by atoms with E-state index < -0.39 is 0 Å². The minimum Gasteiger partial charge on any atom is -0.312 e. The van der Waals surface area contributed by atoms with Gasteiger partial charge in [0.2, 0.25) is 0 Å². The highest BCUT2D eigenvalue weighted by Crippen LogP contribution is 2.15. The molecule has 1 N–H and O–H groups in total. The first kappa shape index (κ1) is 14.4. The molecule has 0 aliphatic carbocycles. The molecular formula is C15H18ClN3O2. The highest BCUT2D eigenvalue weighted by atomic mass is 35.5. The quantitative estimate of drug-likeness (QED) is 0.914. The maximum absolute atomic E-state index is 12.6. The Bertz CT molecular complexity index is 788. The van der Waals surface area contributed by atoms with Gasteiger partial charge in [0, 0.05) is 24.7 Å². The molecule has 2 heterocycles. The van der Waals surface area contributed by atoms with E-state index in [9.17, 15) is 9.59 Å². The van der Waals surface area contributed by atoms with Crippen LogP contribution in [0.5, 0.6) is 0 Å². The number of hydrogen-bond donors (Lipinski definition) is 1. The first-order valence-electron chi connectivity index (χ1n) is 7.20. The lowest BCUT2D eigenvalue weighted by molar-refractivity contribution is 0.353. The van der Waals surface area contributed by atoms with Gasteiger partial charge in [-0.25, -0.2) is 4.79 Å². The Morgan fingerprint density at radius 3 is 2.86 bits per heavy atom. The Labute approximate surface area is 127 Å². The van der Waals surface area contributed by atoms with Crippen LogP contribution in [0.4, 0.5) is 0 Å². The molecule has 1 aliphatic rings. The molecule has 1 unspecified atom stereocenters. The van der Waals surface area contributed by atoms with E-state index in [4.69, 9.17) is 11.6 Å². The van der Waals surface area contributed by atoms with Crippen molar-refractivity contribution in [2.45, 2.75) is 31.8 Å². The molecule has 0 spiro atoms. The smallest absolute Gasteiger partial charge is 0.312 e. The maximum atomic E-state index is 12.6. The van der Waals surface area contributed by atoms with Gasteiger partial charge in [0.05, 0.1) is 10.9 Å². The monoisotopic (exact) mass is 307 g/mol. The molecule has 5 nitrogen and oxygen atoms in total. The first-order valence-corrected chi connectivity index (χ1v) is 7.58. The van der Waals surface area contributed by atoms with E-state index in [0.717, 1.165) is 25.8 Å². The Balaban J connectivity index is 2.12. The zero-order valence-corrected chi connectivity index (χ0v) is 12.7. The fraction of sp³-hybridized carbons (Fsp3) is 0.467. The number of aryl methyl sites for hydroxylation is 1. The van der Waals surface area contributed by atoms with Gasteiger partial charge >= 0.3 is 5.69 Å². The van der Waals surface area contributed by atoms with Crippen molar-refractivity contribution < 1.29 is 0 Å². The van der Waals surface area contributed by atoms with Crippen LogP contribution in [-0.4, -0.2) is 21.7 Å². The molecule has 1 aliphatic heterocycles. The summed E-state index contributed by atoms with van der Waals surface area (Å²) >= 11 is 5.96. The highest BCUT2D eigenvalue weighted by Gasteiger charge is 2.17. The SMILES string of the molecule is Cn1c(=O)n(CC2CCCCN2)c(=O)c2ccc(Cl)cc21. The Kier molecular flexibility index (Phi) is 3.87. The molecule has 3 rings (SSSR count). The molecule has 1 atom stereocenters. The second-order valence-electron chi connectivity index (χ2n) is 5.57. The number of fused-ring (bicyclic) bond motifs is 1. The number of benzene rings is 1. The molecule has 0 radical (unpaired) electrons. The lowest BCUT2D eigenvalue weighted by atomic mass is 10.1. The van der Waals surface area contributed by atoms with Gasteiger partial charge in [-0.3, -0.25) is 13.9 Å². The van der Waals surface area contributed by atoms with Crippen molar-refractivity contribution in [3.05, 3.63) is 44.1 Å². The molecular weight excluding hydrogens is 290 g/mol. The molecule has 6 heteroatoms. The maximum Gasteiger partial charge on any atom is 0.331 e. The zero-order chi connectivity index (χ0) is 15.0. The third-order valence-corrected chi connectivity index (χ3v) is 4.36. The van der Waals surface area contributed by atoms with Crippen molar-refractivity contribution in [1.29, 1.82) is 0 Å². The molecule has 0 bridgehead atoms. The van der Waals surface area contributed by atoms with E-state index in [-0.39, 0.29) is 17.3 Å². The van der Waals surface area contributed by atoms with Gasteiger partial charge in [-0.2, -0.15) is 0 Å². The summed E-state index contributed by atoms with van der Waals surface area (Å²) < 4.78 is 2.82. The van der Waals surface area contributed by atoms with Gasteiger partial charge in [-0.1, -0.05) is 18.0 Å². The summed E-state index contributed by atoms with van der Waals surface area (Å²) in [6, 6.07) is 5.21. The zero-order valence-electron chi connectivity index (χ0n) is 11.9. The average Bonchev–Trinajstić information content (AvgIpc) is 2.50. The van der Waals surface area contributed by atoms with Crippen LogP contribution in [0.25, 0.3) is 10.9 Å². The molecule has 1 aromatic carbocycles. The standard InChI is InChI=1S/C15H18ClN3O2/c1-18-13-8-10(16)5-6-12(13)14(20)19(15(18)21)9-11-4-2-3-7-17-11/h5-6,8,11,17H,2-4,7,9H2,1H3. The molecule has 0 amide bonds. The van der Waals surface area contributed by atoms with E-state index in [1.165, 1.54) is 9.13 Å². The van der Waals surface area contributed by atoms with E-state index >= 15 is 0 Å². The molecule has 1 saturated heterocycles. The fourth-order valence-electron chi connectivity index (χ4n) is 2.94. The number of rotatable bonds is 2. The summed E-state index contributed by atoms with van der Waals surface area (Å²) in [5.74, 6) is 0. The molecule has 2 aromatic rings. The third-order valence-electron chi connectivity index (χ3n) is 4.13. The number of piperidine rings is 1. The number of hydrogen-bond acceptors (Lipinski definition) is 3. The van der Waals surface area contributed by atoms with Crippen LogP contribution in [0.15, 0.2) is 27.8 Å². The van der Waals surface area contributed by atoms with Crippen LogP contribution >= 0.6 is 11.6 Å². The Hall–Kier alpha value is -1.59. The lowest BCUT2D eigenvalue weighted by Crippen LogP contribution is -2.46. The summed E-state index contributed by atoms with van der Waals surface area (Å²) in [6.07, 6.45) is 3.28. The predicted molar refractivity (Wildman–Crippen MR) is 84.1 cm³/mol. The average molecular weight is 308 g/mol. The van der Waals surface area contributed by atoms with E-state index in [1.54, 1.807) is 25.2 Å². The van der Waals surface area contributed by atoms with Gasteiger partial charge in [0.1, 0.15) is 0 Å². The minimum atomic E-state index is -0.290. The van der Waals surface area contributed by atoms with E-state index in [0.29, 0.717) is 22.5 Å². The number of aromatic nitrogens is 2. The van der Waals surface area contributed by atoms with Crippen LogP contribution in [0.1, 0.15) is 19.3 Å². The molecule has 21 heavy (non-hydrogen) atoms. The topological polar surface area (TPSA) is 56.0 Å². The Morgan fingerprint density at radius 1 is 1.33 bits per heavy atom. The van der Waals surface area contributed by atoms with Gasteiger partial charge in [-0.05, 0) is 37.6 Å². The predicted octanol–water partition coefficient (Wildman–Crippen LogP) is 1.50. The summed E-state index contributed by atoms with van der Waals surface area (Å²) in [6.45, 7) is 1.37. The van der Waals surface area contributed by atoms with E-state index in [1.807, 2.05) is 0 Å². The minimum absolute atomic E-state index is 0.189. The van der Waals surface area contributed by atoms with Gasteiger partial charge in [0.25, 0.3) is 5.56 Å². The summed E-state index contributed by atoms with van der Waals surface area (Å²) in [4.78, 5) is 25.0. The van der Waals surface area contributed by atoms with Crippen molar-refractivity contribution in [2.24, 2.45) is 7.05 Å². The van der Waals surface area contributed by atoms with Gasteiger partial charge in [-0.15, -0.1) is 0 Å². The summed E-state index contributed by atoms with van der Waals surface area (Å²) in [5.41, 5.74) is 0.0460. The summed E-state index contributed by atoms with van der Waals surface area (Å²) in [5, 5.41) is 4.41. The van der Waals surface area contributed by atoms with Crippen LogP contribution in [0, 0.1) is 0 Å². The largest absolute Gasteiger partial charge is 0.331 e. The molecule has 112 valence electrons. The second kappa shape index (κ2) is 5.66. The second-order valence-corrected chi connectivity index (χ2v) is 6.00. The van der Waals surface area contributed by atoms with Crippen molar-refractivity contribution in [3.8, 4) is 0 Å². The molecule has 0 saturated carbocycles. The van der Waals surface area contributed by atoms with Crippen LogP contribution in [0.3, 0.4) is 0 Å². The highest BCUT2D eigenvalue weighted by molar-refractivity contribution is 6.31. The number of nitrogens with zero attached hydrogens (tertiary/aromatic N) is 2. The number of halogens is 1. The normalized spacial score (nSPS) is 19.0. The molecule has 1 fully saturated rings. The van der Waals surface area contributed by atoms with Crippen LogP contribution in [0.2, 0.25) is 5.02 Å². The van der Waals surface area contributed by atoms with Crippen molar-refractivity contribution in [3.63, 3.8) is 0 Å². The van der Waals surface area contributed by atoms with E-state index in [2.05, 4.69) is 5.32 Å². The first-order chi connectivity index (χ1) is 10.1. The third kappa shape index (κ3) is 2.63. The summed E-state index contributed by atoms with van der Waals surface area (Å²) in [7, 11) is 1.67. The van der Waals surface area contributed by atoms with Crippen LogP contribution in [-0.2, 0) is 13.6 Å². The van der Waals surface area contributed by atoms with Crippen molar-refractivity contribution in [1.82, 2.24) is 14.5 Å². The van der Waals surface area contributed by atoms with Gasteiger partial charge < -0.3 is 5.32 Å². The van der Waals surface area contributed by atoms with Gasteiger partial charge in [0.15, 0.2) is 0 Å². The Morgan fingerprint density at radius 2 is 2.14 bits per heavy atom. The number of nitrogens with one attached hydrogen (secondary N) is 1. The van der Waals surface area contributed by atoms with Crippen molar-refractivity contribution >= 4 is 22.5 Å². The molecule has 1 aromatic heterocycles. The van der Waals surface area contributed by atoms with Crippen LogP contribution < -0.4 is 16.6 Å². The fourth-order valence-corrected chi connectivity index (χ4v) is 3.11. The lowest BCUT2D eigenvalue weighted by Gasteiger charge is -2.24.